The Morgan fingerprint density at radius 3 is 2.67 bits per heavy atom. The first-order valence-corrected chi connectivity index (χ1v) is 6.64. The molecule has 0 aliphatic carbocycles. The zero-order chi connectivity index (χ0) is 13.4. The summed E-state index contributed by atoms with van der Waals surface area (Å²) in [6.45, 7) is 8.58. The van der Waals surface area contributed by atoms with Gasteiger partial charge in [0, 0.05) is 18.5 Å². The molecule has 1 aromatic rings. The summed E-state index contributed by atoms with van der Waals surface area (Å²) in [6, 6.07) is 0. The number of amides is 1. The fraction of sp³-hybridized carbons (Fsp3) is 0.692. The second-order valence-electron chi connectivity index (χ2n) is 4.29. The molecule has 0 aliphatic heterocycles. The van der Waals surface area contributed by atoms with E-state index in [1.54, 1.807) is 0 Å². The van der Waals surface area contributed by atoms with Crippen molar-refractivity contribution in [3.63, 3.8) is 0 Å². The van der Waals surface area contributed by atoms with Gasteiger partial charge in [0.25, 0.3) is 5.91 Å². The summed E-state index contributed by atoms with van der Waals surface area (Å²) in [7, 11) is 0. The van der Waals surface area contributed by atoms with Crippen LogP contribution in [0, 0.1) is 6.92 Å². The monoisotopic (exact) mass is 253 g/mol. The summed E-state index contributed by atoms with van der Waals surface area (Å²) in [4.78, 5) is 11.8. The maximum atomic E-state index is 11.8. The van der Waals surface area contributed by atoms with Crippen LogP contribution in [0.5, 0.6) is 0 Å². The minimum atomic E-state index is -0.147. The molecule has 5 heteroatoms. The highest BCUT2D eigenvalue weighted by Gasteiger charge is 2.16. The molecule has 18 heavy (non-hydrogen) atoms. The predicted octanol–water partition coefficient (Wildman–Crippen LogP) is 1.66. The zero-order valence-electron chi connectivity index (χ0n) is 11.5. The molecule has 5 nitrogen and oxygen atoms in total. The van der Waals surface area contributed by atoms with E-state index in [0.29, 0.717) is 12.2 Å². The molecule has 0 saturated carbocycles. The van der Waals surface area contributed by atoms with E-state index in [2.05, 4.69) is 22.7 Å². The summed E-state index contributed by atoms with van der Waals surface area (Å²) < 4.78 is 5.10. The smallest absolute Gasteiger partial charge is 0.273 e. The molecule has 0 aromatic carbocycles. The number of aryl methyl sites for hydroxylation is 1. The lowest BCUT2D eigenvalue weighted by Crippen LogP contribution is -2.28. The third kappa shape index (κ3) is 4.14. The maximum Gasteiger partial charge on any atom is 0.273 e. The van der Waals surface area contributed by atoms with Crippen molar-refractivity contribution < 1.29 is 9.32 Å². The lowest BCUT2D eigenvalue weighted by molar-refractivity contribution is 0.0943. The van der Waals surface area contributed by atoms with Gasteiger partial charge in [0.05, 0.1) is 0 Å². The molecule has 0 saturated heterocycles. The van der Waals surface area contributed by atoms with Crippen LogP contribution in [0.2, 0.25) is 0 Å². The number of carbonyl (C=O) groups excluding carboxylic acids is 1. The molecule has 0 fully saturated rings. The van der Waals surface area contributed by atoms with Gasteiger partial charge in [-0.05, 0) is 32.9 Å². The average Bonchev–Trinajstić information content (AvgIpc) is 2.74. The first-order valence-electron chi connectivity index (χ1n) is 6.64. The molecule has 1 aromatic heterocycles. The van der Waals surface area contributed by atoms with Crippen molar-refractivity contribution in [2.24, 2.45) is 0 Å². The van der Waals surface area contributed by atoms with Gasteiger partial charge >= 0.3 is 0 Å². The van der Waals surface area contributed by atoms with Crippen molar-refractivity contribution in [2.45, 2.75) is 40.0 Å². The standard InChI is InChI=1S/C13H23N3O2/c1-4-7-14-8-6-9-15-13(17)12-10(3)11(5-2)18-16-12/h14H,4-9H2,1-3H3,(H,15,17). The first kappa shape index (κ1) is 14.7. The minimum Gasteiger partial charge on any atom is -0.360 e. The Labute approximate surface area is 108 Å². The predicted molar refractivity (Wildman–Crippen MR) is 70.7 cm³/mol. The molecule has 1 amide bonds. The van der Waals surface area contributed by atoms with Gasteiger partial charge < -0.3 is 15.2 Å². The molecular weight excluding hydrogens is 230 g/mol. The third-order valence-corrected chi connectivity index (χ3v) is 2.80. The van der Waals surface area contributed by atoms with E-state index < -0.39 is 0 Å². The van der Waals surface area contributed by atoms with Crippen LogP contribution in [-0.4, -0.2) is 30.7 Å². The molecule has 2 N–H and O–H groups in total. The van der Waals surface area contributed by atoms with Crippen molar-refractivity contribution in [3.05, 3.63) is 17.0 Å². The van der Waals surface area contributed by atoms with E-state index in [0.717, 1.165) is 43.7 Å². The van der Waals surface area contributed by atoms with Gasteiger partial charge in [-0.25, -0.2) is 0 Å². The summed E-state index contributed by atoms with van der Waals surface area (Å²) >= 11 is 0. The van der Waals surface area contributed by atoms with E-state index in [1.807, 2.05) is 13.8 Å². The number of rotatable bonds is 8. The van der Waals surface area contributed by atoms with Crippen molar-refractivity contribution in [2.75, 3.05) is 19.6 Å². The van der Waals surface area contributed by atoms with Crippen molar-refractivity contribution >= 4 is 5.91 Å². The minimum absolute atomic E-state index is 0.147. The van der Waals surface area contributed by atoms with Crippen LogP contribution in [0.1, 0.15) is 48.5 Å². The fourth-order valence-corrected chi connectivity index (χ4v) is 1.71. The van der Waals surface area contributed by atoms with Gasteiger partial charge in [-0.3, -0.25) is 4.79 Å². The van der Waals surface area contributed by atoms with Gasteiger partial charge in [-0.15, -0.1) is 0 Å². The topological polar surface area (TPSA) is 67.2 Å². The van der Waals surface area contributed by atoms with E-state index in [-0.39, 0.29) is 5.91 Å². The Kier molecular flexibility index (Phi) is 6.43. The SMILES string of the molecule is CCCNCCCNC(=O)c1noc(CC)c1C. The Hall–Kier alpha value is -1.36. The largest absolute Gasteiger partial charge is 0.360 e. The normalized spacial score (nSPS) is 10.6. The molecule has 0 unspecified atom stereocenters. The summed E-state index contributed by atoms with van der Waals surface area (Å²) in [5, 5.41) is 9.95. The van der Waals surface area contributed by atoms with E-state index in [9.17, 15) is 4.79 Å². The molecule has 102 valence electrons. The second-order valence-corrected chi connectivity index (χ2v) is 4.29. The van der Waals surface area contributed by atoms with Crippen LogP contribution in [-0.2, 0) is 6.42 Å². The summed E-state index contributed by atoms with van der Waals surface area (Å²) in [5.41, 5.74) is 1.26. The van der Waals surface area contributed by atoms with E-state index >= 15 is 0 Å². The van der Waals surface area contributed by atoms with Crippen LogP contribution < -0.4 is 10.6 Å². The van der Waals surface area contributed by atoms with Crippen LogP contribution in [0.25, 0.3) is 0 Å². The van der Waals surface area contributed by atoms with Crippen LogP contribution in [0.15, 0.2) is 4.52 Å². The number of hydrogen-bond acceptors (Lipinski definition) is 4. The van der Waals surface area contributed by atoms with Crippen LogP contribution >= 0.6 is 0 Å². The van der Waals surface area contributed by atoms with Crippen LogP contribution in [0.4, 0.5) is 0 Å². The Balaban J connectivity index is 2.30. The molecular formula is C13H23N3O2. The van der Waals surface area contributed by atoms with Gasteiger partial charge in [0.2, 0.25) is 0 Å². The first-order chi connectivity index (χ1) is 8.70. The average molecular weight is 253 g/mol. The van der Waals surface area contributed by atoms with Crippen molar-refractivity contribution in [3.8, 4) is 0 Å². The van der Waals surface area contributed by atoms with E-state index in [1.165, 1.54) is 0 Å². The quantitative estimate of drug-likeness (QED) is 0.691. The highest BCUT2D eigenvalue weighted by molar-refractivity contribution is 5.93. The molecule has 0 radical (unpaired) electrons. The Morgan fingerprint density at radius 1 is 1.28 bits per heavy atom. The molecule has 0 spiro atoms. The molecule has 0 aliphatic rings. The number of hydrogen-bond donors (Lipinski definition) is 2. The lowest BCUT2D eigenvalue weighted by atomic mass is 10.2. The second kappa shape index (κ2) is 7.87. The molecule has 0 atom stereocenters. The zero-order valence-corrected chi connectivity index (χ0v) is 11.5. The number of carbonyl (C=O) groups is 1. The lowest BCUT2D eigenvalue weighted by Gasteiger charge is -2.04. The van der Waals surface area contributed by atoms with Crippen molar-refractivity contribution in [1.29, 1.82) is 0 Å². The Bertz CT molecular complexity index is 374. The third-order valence-electron chi connectivity index (χ3n) is 2.80. The van der Waals surface area contributed by atoms with Gasteiger partial charge in [-0.2, -0.15) is 0 Å². The molecule has 1 heterocycles. The number of aromatic nitrogens is 1. The summed E-state index contributed by atoms with van der Waals surface area (Å²) in [6.07, 6.45) is 2.81. The van der Waals surface area contributed by atoms with Crippen LogP contribution in [0.3, 0.4) is 0 Å². The van der Waals surface area contributed by atoms with E-state index in [4.69, 9.17) is 4.52 Å². The van der Waals surface area contributed by atoms with Gasteiger partial charge in [0.15, 0.2) is 5.69 Å². The number of nitrogens with one attached hydrogen (secondary N) is 2. The highest BCUT2D eigenvalue weighted by Crippen LogP contribution is 2.12. The van der Waals surface area contributed by atoms with Gasteiger partial charge in [0.1, 0.15) is 5.76 Å². The maximum absolute atomic E-state index is 11.8. The molecule has 0 bridgehead atoms. The fourth-order valence-electron chi connectivity index (χ4n) is 1.71. The van der Waals surface area contributed by atoms with Gasteiger partial charge in [-0.1, -0.05) is 19.0 Å². The summed E-state index contributed by atoms with van der Waals surface area (Å²) in [5.74, 6) is 0.635. The number of nitrogens with zero attached hydrogens (tertiary/aromatic N) is 1. The Morgan fingerprint density at radius 2 is 2.06 bits per heavy atom. The van der Waals surface area contributed by atoms with Crippen molar-refractivity contribution in [1.82, 2.24) is 15.8 Å². The highest BCUT2D eigenvalue weighted by atomic mass is 16.5. The molecule has 1 rings (SSSR count).